The third-order valence-electron chi connectivity index (χ3n) is 8.05. The Morgan fingerprint density at radius 3 is 2.29 bits per heavy atom. The summed E-state index contributed by atoms with van der Waals surface area (Å²) in [7, 11) is 3.72. The first kappa shape index (κ1) is 35.8. The third-order valence-corrected chi connectivity index (χ3v) is 8.05. The fourth-order valence-corrected chi connectivity index (χ4v) is 5.97. The van der Waals surface area contributed by atoms with E-state index in [1.165, 1.54) is 24.4 Å². The van der Waals surface area contributed by atoms with Crippen molar-refractivity contribution in [2.75, 3.05) is 27.2 Å². The van der Waals surface area contributed by atoms with Crippen molar-refractivity contribution >= 4 is 17.4 Å². The summed E-state index contributed by atoms with van der Waals surface area (Å²) in [5.41, 5.74) is 3.08. The van der Waals surface area contributed by atoms with Crippen molar-refractivity contribution in [1.29, 1.82) is 0 Å². The minimum absolute atomic E-state index is 0.0550. The van der Waals surface area contributed by atoms with Gasteiger partial charge in [0, 0.05) is 24.7 Å². The van der Waals surface area contributed by atoms with Gasteiger partial charge in [0.05, 0.1) is 18.6 Å². The Labute approximate surface area is 264 Å². The van der Waals surface area contributed by atoms with E-state index in [2.05, 4.69) is 5.32 Å². The number of rotatable bonds is 14. The van der Waals surface area contributed by atoms with Gasteiger partial charge >= 0.3 is 5.97 Å². The molecule has 0 aliphatic heterocycles. The standard InChI is InChI=1S/C35H46F3N3O4/c1-9-45-31(42)18-29(27-17-25(13-21(27)4)32-22(5)14-26(36)15-23(32)6)39-34(43)30(12-20(2)3)41-19-24(10-11-40(7)8)16-28(33(37)38)35(41)44/h13-17,19-20,27,29-30,33H,9-12,18H2,1-8H3,(H,39,43)/t27?,29-,30?/m0/s1. The maximum atomic E-state index is 14.1. The summed E-state index contributed by atoms with van der Waals surface area (Å²) in [5.74, 6) is -1.84. The first-order chi connectivity index (χ1) is 21.1. The zero-order valence-corrected chi connectivity index (χ0v) is 27.5. The summed E-state index contributed by atoms with van der Waals surface area (Å²) in [6.07, 6.45) is 2.89. The lowest BCUT2D eigenvalue weighted by Crippen LogP contribution is -2.46. The van der Waals surface area contributed by atoms with Gasteiger partial charge in [-0.05, 0) is 107 Å². The van der Waals surface area contributed by atoms with Gasteiger partial charge in [-0.25, -0.2) is 13.2 Å². The number of hydrogen-bond donors (Lipinski definition) is 1. The van der Waals surface area contributed by atoms with Crippen LogP contribution in [-0.4, -0.2) is 54.6 Å². The van der Waals surface area contributed by atoms with Crippen LogP contribution in [-0.2, 0) is 20.7 Å². The minimum Gasteiger partial charge on any atom is -0.466 e. The van der Waals surface area contributed by atoms with E-state index in [0.717, 1.165) is 32.4 Å². The number of allylic oxidation sites excluding steroid dienone is 2. The number of nitrogens with one attached hydrogen (secondary N) is 1. The van der Waals surface area contributed by atoms with Crippen molar-refractivity contribution in [2.24, 2.45) is 11.8 Å². The van der Waals surface area contributed by atoms with E-state index in [4.69, 9.17) is 4.74 Å². The lowest BCUT2D eigenvalue weighted by molar-refractivity contribution is -0.144. The smallest absolute Gasteiger partial charge is 0.307 e. The van der Waals surface area contributed by atoms with E-state index in [1.54, 1.807) is 6.92 Å². The highest BCUT2D eigenvalue weighted by atomic mass is 19.3. The van der Waals surface area contributed by atoms with Gasteiger partial charge in [0.25, 0.3) is 12.0 Å². The number of benzene rings is 1. The molecule has 0 saturated heterocycles. The molecule has 0 spiro atoms. The number of amides is 1. The zero-order chi connectivity index (χ0) is 33.6. The molecule has 1 N–H and O–H groups in total. The van der Waals surface area contributed by atoms with Gasteiger partial charge in [0.1, 0.15) is 11.9 Å². The van der Waals surface area contributed by atoms with Crippen molar-refractivity contribution in [1.82, 2.24) is 14.8 Å². The number of halogens is 3. The lowest BCUT2D eigenvalue weighted by Gasteiger charge is -2.29. The van der Waals surface area contributed by atoms with E-state index in [1.807, 2.05) is 65.8 Å². The molecule has 0 fully saturated rings. The van der Waals surface area contributed by atoms with Gasteiger partial charge in [-0.1, -0.05) is 31.6 Å². The van der Waals surface area contributed by atoms with Crippen LogP contribution >= 0.6 is 0 Å². The van der Waals surface area contributed by atoms with Crippen LogP contribution in [0.4, 0.5) is 13.2 Å². The van der Waals surface area contributed by atoms with Crippen molar-refractivity contribution in [3.63, 3.8) is 0 Å². The second kappa shape index (κ2) is 15.6. The van der Waals surface area contributed by atoms with Gasteiger partial charge in [0.15, 0.2) is 0 Å². The molecule has 7 nitrogen and oxygen atoms in total. The normalized spacial score (nSPS) is 16.2. The monoisotopic (exact) mass is 629 g/mol. The Morgan fingerprint density at radius 1 is 1.09 bits per heavy atom. The van der Waals surface area contributed by atoms with Gasteiger partial charge in [-0.15, -0.1) is 0 Å². The van der Waals surface area contributed by atoms with Crippen molar-refractivity contribution in [3.8, 4) is 0 Å². The molecular formula is C35H46F3N3O4. The summed E-state index contributed by atoms with van der Waals surface area (Å²) >= 11 is 0. The average molecular weight is 630 g/mol. The molecule has 1 aromatic carbocycles. The number of alkyl halides is 2. The largest absolute Gasteiger partial charge is 0.466 e. The molecule has 1 aliphatic carbocycles. The fourth-order valence-electron chi connectivity index (χ4n) is 5.97. The highest BCUT2D eigenvalue weighted by Gasteiger charge is 2.33. The van der Waals surface area contributed by atoms with Crippen LogP contribution in [0.25, 0.3) is 5.57 Å². The number of nitrogens with zero attached hydrogens (tertiary/aromatic N) is 2. The number of carbonyl (C=O) groups is 2. The maximum absolute atomic E-state index is 14.1. The molecule has 1 heterocycles. The number of likely N-dealkylation sites (N-methyl/N-ethyl adjacent to an activating group) is 1. The molecule has 1 aromatic heterocycles. The molecule has 0 radical (unpaired) electrons. The Hall–Kier alpha value is -3.66. The van der Waals surface area contributed by atoms with Crippen molar-refractivity contribution in [2.45, 2.75) is 79.3 Å². The third kappa shape index (κ3) is 9.19. The molecule has 1 aliphatic rings. The molecule has 0 bridgehead atoms. The highest BCUT2D eigenvalue weighted by molar-refractivity contribution is 5.84. The molecule has 1 amide bonds. The molecule has 0 saturated carbocycles. The van der Waals surface area contributed by atoms with E-state index < -0.39 is 47.4 Å². The molecule has 3 atom stereocenters. The second-order valence-electron chi connectivity index (χ2n) is 12.6. The van der Waals surface area contributed by atoms with Crippen LogP contribution < -0.4 is 10.9 Å². The molecule has 246 valence electrons. The predicted octanol–water partition coefficient (Wildman–Crippen LogP) is 6.33. The van der Waals surface area contributed by atoms with E-state index >= 15 is 0 Å². The second-order valence-corrected chi connectivity index (χ2v) is 12.6. The number of pyridine rings is 1. The predicted molar refractivity (Wildman–Crippen MR) is 171 cm³/mol. The SMILES string of the molecule is CCOC(=O)C[C@H](NC(=O)C(CC(C)C)n1cc(CCN(C)C)cc(C(F)F)c1=O)C1C=C(c2c(C)cc(F)cc2C)C=C1C. The van der Waals surface area contributed by atoms with Gasteiger partial charge in [0.2, 0.25) is 5.91 Å². The van der Waals surface area contributed by atoms with Crippen LogP contribution in [0, 0.1) is 31.5 Å². The number of esters is 1. The van der Waals surface area contributed by atoms with Crippen LogP contribution in [0.1, 0.15) is 80.8 Å². The first-order valence-corrected chi connectivity index (χ1v) is 15.4. The summed E-state index contributed by atoms with van der Waals surface area (Å²) < 4.78 is 48.5. The van der Waals surface area contributed by atoms with E-state index in [0.29, 0.717) is 18.5 Å². The molecule has 2 unspecified atom stereocenters. The number of ether oxygens (including phenoxy) is 1. The van der Waals surface area contributed by atoms with Gasteiger partial charge in [-0.2, -0.15) is 0 Å². The first-order valence-electron chi connectivity index (χ1n) is 15.4. The summed E-state index contributed by atoms with van der Waals surface area (Å²) in [6, 6.07) is 2.32. The van der Waals surface area contributed by atoms with Crippen LogP contribution in [0.2, 0.25) is 0 Å². The Balaban J connectivity index is 2.06. The minimum atomic E-state index is -3.00. The van der Waals surface area contributed by atoms with Crippen LogP contribution in [0.15, 0.2) is 46.9 Å². The van der Waals surface area contributed by atoms with Crippen molar-refractivity contribution < 1.29 is 27.5 Å². The Bertz CT molecular complexity index is 1490. The summed E-state index contributed by atoms with van der Waals surface area (Å²) in [4.78, 5) is 42.1. The topological polar surface area (TPSA) is 80.6 Å². The number of carbonyl (C=O) groups excluding carboxylic acids is 2. The fraction of sp³-hybridized carbons (Fsp3) is 0.514. The molecular weight excluding hydrogens is 583 g/mol. The van der Waals surface area contributed by atoms with E-state index in [9.17, 15) is 27.6 Å². The number of aromatic nitrogens is 1. The average Bonchev–Trinajstić information content (AvgIpc) is 3.30. The summed E-state index contributed by atoms with van der Waals surface area (Å²) in [5, 5.41) is 3.00. The Morgan fingerprint density at radius 2 is 1.73 bits per heavy atom. The van der Waals surface area contributed by atoms with Crippen LogP contribution in [0.3, 0.4) is 0 Å². The van der Waals surface area contributed by atoms with Gasteiger partial charge in [-0.3, -0.25) is 14.4 Å². The quantitative estimate of drug-likeness (QED) is 0.247. The summed E-state index contributed by atoms with van der Waals surface area (Å²) in [6.45, 7) is 11.7. The maximum Gasteiger partial charge on any atom is 0.307 e. The number of aryl methyl sites for hydroxylation is 2. The number of hydrogen-bond acceptors (Lipinski definition) is 5. The molecule has 3 rings (SSSR count). The van der Waals surface area contributed by atoms with E-state index in [-0.39, 0.29) is 31.2 Å². The zero-order valence-electron chi connectivity index (χ0n) is 27.5. The Kier molecular flexibility index (Phi) is 12.4. The van der Waals surface area contributed by atoms with Crippen molar-refractivity contribution in [3.05, 3.63) is 86.1 Å². The van der Waals surface area contributed by atoms with Crippen LogP contribution in [0.5, 0.6) is 0 Å². The molecule has 45 heavy (non-hydrogen) atoms. The molecule has 2 aromatic rings. The highest BCUT2D eigenvalue weighted by Crippen LogP contribution is 2.36. The molecule has 10 heteroatoms. The van der Waals surface area contributed by atoms with Gasteiger partial charge < -0.3 is 19.5 Å². The lowest BCUT2D eigenvalue weighted by atomic mass is 9.91.